The lowest BCUT2D eigenvalue weighted by Crippen LogP contribution is -2.14. The van der Waals surface area contributed by atoms with Crippen molar-refractivity contribution in [2.24, 2.45) is 5.14 Å². The second-order valence-electron chi connectivity index (χ2n) is 6.40. The van der Waals surface area contributed by atoms with Crippen molar-refractivity contribution in [2.75, 3.05) is 0 Å². The van der Waals surface area contributed by atoms with Crippen LogP contribution in [-0.4, -0.2) is 23.4 Å². The number of hydrogen-bond donors (Lipinski definition) is 1. The Morgan fingerprint density at radius 3 is 2.43 bits per heavy atom. The number of halogens is 1. The summed E-state index contributed by atoms with van der Waals surface area (Å²) in [5, 5.41) is 5.56. The first-order valence-electron chi connectivity index (χ1n) is 8.48. The van der Waals surface area contributed by atoms with E-state index in [1.165, 1.54) is 0 Å². The zero-order valence-corrected chi connectivity index (χ0v) is 16.7. The molecule has 0 bridgehead atoms. The number of nitrogens with zero attached hydrogens (tertiary/aromatic N) is 3. The van der Waals surface area contributed by atoms with Crippen LogP contribution >= 0.6 is 11.6 Å². The fraction of sp³-hybridized carbons (Fsp3) is 0.211. The summed E-state index contributed by atoms with van der Waals surface area (Å²) in [6, 6.07) is 10.5. The predicted molar refractivity (Wildman–Crippen MR) is 107 cm³/mol. The molecule has 0 aliphatic rings. The van der Waals surface area contributed by atoms with Crippen LogP contribution in [0.3, 0.4) is 0 Å². The Morgan fingerprint density at radius 1 is 1.11 bits per heavy atom. The molecule has 0 amide bonds. The lowest BCUT2D eigenvalue weighted by molar-refractivity contribution is 0.461. The molecule has 0 radical (unpaired) electrons. The van der Waals surface area contributed by atoms with E-state index in [4.69, 9.17) is 21.5 Å². The molecule has 0 saturated carbocycles. The van der Waals surface area contributed by atoms with Crippen molar-refractivity contribution in [2.45, 2.75) is 25.0 Å². The zero-order chi connectivity index (χ0) is 20.1. The van der Waals surface area contributed by atoms with Crippen LogP contribution in [0.2, 0.25) is 5.02 Å². The molecule has 3 aromatic rings. The monoisotopic (exact) mass is 418 g/mol. The maximum absolute atomic E-state index is 11.1. The van der Waals surface area contributed by atoms with Gasteiger partial charge in [0.05, 0.1) is 10.8 Å². The van der Waals surface area contributed by atoms with Gasteiger partial charge >= 0.3 is 0 Å². The number of primary sulfonamides is 1. The predicted octanol–water partition coefficient (Wildman–Crippen LogP) is 3.45. The summed E-state index contributed by atoms with van der Waals surface area (Å²) < 4.78 is 28.1. The first-order chi connectivity index (χ1) is 13.3. The lowest BCUT2D eigenvalue weighted by Gasteiger charge is -2.12. The quantitative estimate of drug-likeness (QED) is 0.629. The lowest BCUT2D eigenvalue weighted by atomic mass is 9.98. The van der Waals surface area contributed by atoms with Gasteiger partial charge in [0.25, 0.3) is 0 Å². The molecular formula is C19H19ClN4O3S. The Balaban J connectivity index is 1.68. The topological polar surface area (TPSA) is 108 Å². The second-order valence-corrected chi connectivity index (χ2v) is 8.45. The summed E-state index contributed by atoms with van der Waals surface area (Å²) in [6.45, 7) is 2.07. The molecule has 0 saturated heterocycles. The Hall–Kier alpha value is -2.55. The number of benzene rings is 1. The maximum atomic E-state index is 11.1. The summed E-state index contributed by atoms with van der Waals surface area (Å²) in [6.07, 6.45) is 5.50. The first-order valence-corrected chi connectivity index (χ1v) is 10.6. The number of aromatic nitrogens is 3. The van der Waals surface area contributed by atoms with Crippen molar-refractivity contribution in [3.8, 4) is 11.6 Å². The van der Waals surface area contributed by atoms with Crippen molar-refractivity contribution in [1.82, 2.24) is 15.0 Å². The van der Waals surface area contributed by atoms with Crippen molar-refractivity contribution < 1.29 is 13.2 Å². The van der Waals surface area contributed by atoms with Gasteiger partial charge in [-0.25, -0.2) is 28.5 Å². The molecule has 0 spiro atoms. The van der Waals surface area contributed by atoms with E-state index in [1.807, 2.05) is 12.1 Å². The highest BCUT2D eigenvalue weighted by atomic mass is 35.5. The van der Waals surface area contributed by atoms with Crippen LogP contribution in [0.4, 0.5) is 0 Å². The van der Waals surface area contributed by atoms with Crippen LogP contribution in [0.1, 0.15) is 29.8 Å². The molecule has 1 aromatic carbocycles. The number of sulfonamides is 1. The number of ether oxygens (including phenoxy) is 1. The van der Waals surface area contributed by atoms with Crippen LogP contribution in [0.15, 0.2) is 55.0 Å². The van der Waals surface area contributed by atoms with Crippen LogP contribution in [0.5, 0.6) is 11.6 Å². The fourth-order valence-electron chi connectivity index (χ4n) is 2.63. The van der Waals surface area contributed by atoms with E-state index in [0.29, 0.717) is 34.5 Å². The van der Waals surface area contributed by atoms with Crippen LogP contribution in [-0.2, 0) is 22.2 Å². The summed E-state index contributed by atoms with van der Waals surface area (Å²) in [5.41, 5.74) is 1.63. The highest BCUT2D eigenvalue weighted by Gasteiger charge is 2.11. The molecule has 2 aromatic heterocycles. The highest BCUT2D eigenvalue weighted by molar-refractivity contribution is 7.88. The standard InChI is InChI=1S/C19H19ClN4O3S/c1-13(8-18-23-10-16(20)11-24-18)15-6-7-22-19(9-15)27-17-4-2-14(3-5-17)12-28(21,25)26/h2-7,9-11,13H,8,12H2,1H3,(H2,21,25,26). The molecule has 1 unspecified atom stereocenters. The van der Waals surface area contributed by atoms with Gasteiger partial charge in [0.2, 0.25) is 15.9 Å². The van der Waals surface area contributed by atoms with E-state index in [0.717, 1.165) is 5.56 Å². The molecule has 0 aliphatic carbocycles. The number of pyridine rings is 1. The van der Waals surface area contributed by atoms with Gasteiger partial charge in [0.15, 0.2) is 0 Å². The summed E-state index contributed by atoms with van der Waals surface area (Å²) in [7, 11) is -3.56. The van der Waals surface area contributed by atoms with Gasteiger partial charge in [0.1, 0.15) is 11.6 Å². The SMILES string of the molecule is CC(Cc1ncc(Cl)cn1)c1ccnc(Oc2ccc(CS(N)(=O)=O)cc2)c1. The fourth-order valence-corrected chi connectivity index (χ4v) is 3.38. The largest absolute Gasteiger partial charge is 0.439 e. The summed E-state index contributed by atoms with van der Waals surface area (Å²) >= 11 is 5.82. The van der Waals surface area contributed by atoms with Crippen LogP contribution in [0, 0.1) is 0 Å². The number of nitrogens with two attached hydrogens (primary N) is 1. The van der Waals surface area contributed by atoms with Crippen molar-refractivity contribution >= 4 is 21.6 Å². The Kier molecular flexibility index (Phi) is 6.23. The van der Waals surface area contributed by atoms with Gasteiger partial charge in [-0.2, -0.15) is 0 Å². The van der Waals surface area contributed by atoms with E-state index in [-0.39, 0.29) is 11.7 Å². The molecule has 28 heavy (non-hydrogen) atoms. The normalized spacial score (nSPS) is 12.5. The van der Waals surface area contributed by atoms with Gasteiger partial charge in [-0.3, -0.25) is 0 Å². The third-order valence-corrected chi connectivity index (χ3v) is 4.94. The molecular weight excluding hydrogens is 400 g/mol. The van der Waals surface area contributed by atoms with Crippen molar-refractivity contribution in [1.29, 1.82) is 0 Å². The molecule has 9 heteroatoms. The summed E-state index contributed by atoms with van der Waals surface area (Å²) in [4.78, 5) is 12.7. The van der Waals surface area contributed by atoms with Gasteiger partial charge < -0.3 is 4.74 Å². The van der Waals surface area contributed by atoms with E-state index >= 15 is 0 Å². The van der Waals surface area contributed by atoms with Gasteiger partial charge in [-0.15, -0.1) is 0 Å². The number of rotatable bonds is 7. The van der Waals surface area contributed by atoms with E-state index < -0.39 is 10.0 Å². The van der Waals surface area contributed by atoms with Gasteiger partial charge in [-0.1, -0.05) is 30.7 Å². The molecule has 2 heterocycles. The van der Waals surface area contributed by atoms with E-state index in [2.05, 4.69) is 21.9 Å². The molecule has 0 aliphatic heterocycles. The third-order valence-electron chi connectivity index (χ3n) is 4.00. The van der Waals surface area contributed by atoms with Crippen LogP contribution in [0.25, 0.3) is 0 Å². The Labute approximate surface area is 168 Å². The minimum Gasteiger partial charge on any atom is -0.439 e. The minimum absolute atomic E-state index is 0.156. The van der Waals surface area contributed by atoms with Gasteiger partial charge in [-0.05, 0) is 35.2 Å². The van der Waals surface area contributed by atoms with Gasteiger partial charge in [0, 0.05) is 31.1 Å². The molecule has 0 fully saturated rings. The smallest absolute Gasteiger partial charge is 0.219 e. The number of hydrogen-bond acceptors (Lipinski definition) is 6. The van der Waals surface area contributed by atoms with Crippen LogP contribution < -0.4 is 9.88 Å². The van der Waals surface area contributed by atoms with E-state index in [9.17, 15) is 8.42 Å². The second kappa shape index (κ2) is 8.64. The zero-order valence-electron chi connectivity index (χ0n) is 15.1. The first kappa shape index (κ1) is 20.2. The third kappa shape index (κ3) is 5.98. The van der Waals surface area contributed by atoms with Crippen molar-refractivity contribution in [3.63, 3.8) is 0 Å². The highest BCUT2D eigenvalue weighted by Crippen LogP contribution is 2.25. The molecule has 3 rings (SSSR count). The van der Waals surface area contributed by atoms with E-state index in [1.54, 1.807) is 42.9 Å². The maximum Gasteiger partial charge on any atom is 0.219 e. The molecule has 1 atom stereocenters. The Morgan fingerprint density at radius 2 is 1.79 bits per heavy atom. The van der Waals surface area contributed by atoms with Crippen molar-refractivity contribution in [3.05, 3.63) is 77.0 Å². The Bertz CT molecular complexity index is 1040. The average Bonchev–Trinajstić information content (AvgIpc) is 2.64. The molecule has 2 N–H and O–H groups in total. The molecule has 7 nitrogen and oxygen atoms in total. The average molecular weight is 419 g/mol. The minimum atomic E-state index is -3.56. The molecule has 146 valence electrons. The summed E-state index contributed by atoms with van der Waals surface area (Å²) in [5.74, 6) is 1.65.